The highest BCUT2D eigenvalue weighted by Crippen LogP contribution is 2.29. The van der Waals surface area contributed by atoms with Gasteiger partial charge in [-0.05, 0) is 38.8 Å². The molecule has 0 radical (unpaired) electrons. The molecule has 6 heteroatoms. The number of nitrogens with one attached hydrogen (secondary N) is 1. The Hall–Kier alpha value is -1.56. The van der Waals surface area contributed by atoms with Crippen molar-refractivity contribution in [2.75, 3.05) is 17.3 Å². The maximum atomic E-state index is 12.4. The maximum Gasteiger partial charge on any atom is 0.322 e. The third-order valence-corrected chi connectivity index (χ3v) is 4.58. The quantitative estimate of drug-likeness (QED) is 0.908. The number of rotatable bonds is 5. The Labute approximate surface area is 126 Å². The fraction of sp³-hybridized carbons (Fsp3) is 0.533. The van der Waals surface area contributed by atoms with E-state index in [-0.39, 0.29) is 23.9 Å². The Balaban J connectivity index is 2.07. The van der Waals surface area contributed by atoms with E-state index in [2.05, 4.69) is 5.32 Å². The Bertz CT molecular complexity index is 606. The highest BCUT2D eigenvalue weighted by Gasteiger charge is 2.36. The van der Waals surface area contributed by atoms with Crippen molar-refractivity contribution in [2.45, 2.75) is 38.8 Å². The van der Waals surface area contributed by atoms with Crippen LogP contribution in [0.3, 0.4) is 0 Å². The fourth-order valence-corrected chi connectivity index (χ4v) is 3.46. The van der Waals surface area contributed by atoms with E-state index in [1.165, 1.54) is 6.26 Å². The average Bonchev–Trinajstić information content (AvgIpc) is 3.14. The van der Waals surface area contributed by atoms with Crippen molar-refractivity contribution in [1.29, 1.82) is 0 Å². The van der Waals surface area contributed by atoms with Gasteiger partial charge >= 0.3 is 6.03 Å². The number of nitrogens with zero attached hydrogens (tertiary/aromatic N) is 1. The minimum atomic E-state index is -3.11. The van der Waals surface area contributed by atoms with E-state index >= 15 is 0 Å². The molecule has 0 spiro atoms. The van der Waals surface area contributed by atoms with Gasteiger partial charge in [0, 0.05) is 24.0 Å². The molecule has 2 amide bonds. The molecule has 21 heavy (non-hydrogen) atoms. The zero-order chi connectivity index (χ0) is 15.6. The van der Waals surface area contributed by atoms with Crippen molar-refractivity contribution in [2.24, 2.45) is 0 Å². The van der Waals surface area contributed by atoms with E-state index in [0.717, 1.165) is 24.1 Å². The summed E-state index contributed by atoms with van der Waals surface area (Å²) < 4.78 is 22.9. The van der Waals surface area contributed by atoms with Crippen LogP contribution < -0.4 is 5.32 Å². The molecular weight excluding hydrogens is 288 g/mol. The predicted octanol–water partition coefficient (Wildman–Crippen LogP) is 2.42. The van der Waals surface area contributed by atoms with Crippen LogP contribution in [-0.4, -0.2) is 43.4 Å². The van der Waals surface area contributed by atoms with E-state index in [9.17, 15) is 13.2 Å². The van der Waals surface area contributed by atoms with E-state index in [4.69, 9.17) is 0 Å². The third kappa shape index (κ3) is 4.74. The number of carbonyl (C=O) groups excluding carboxylic acids is 1. The van der Waals surface area contributed by atoms with Crippen molar-refractivity contribution < 1.29 is 13.2 Å². The lowest BCUT2D eigenvalue weighted by molar-refractivity contribution is 0.194. The van der Waals surface area contributed by atoms with Gasteiger partial charge in [-0.15, -0.1) is 0 Å². The highest BCUT2D eigenvalue weighted by molar-refractivity contribution is 7.90. The number of sulfone groups is 1. The van der Waals surface area contributed by atoms with Gasteiger partial charge in [0.05, 0.1) is 5.75 Å². The molecule has 1 saturated carbocycles. The number of anilines is 1. The molecule has 1 fully saturated rings. The summed E-state index contributed by atoms with van der Waals surface area (Å²) in [5, 5.41) is 2.85. The topological polar surface area (TPSA) is 66.5 Å². The summed E-state index contributed by atoms with van der Waals surface area (Å²) in [5.41, 5.74) is 1.85. The van der Waals surface area contributed by atoms with Crippen LogP contribution in [0.1, 0.15) is 25.3 Å². The van der Waals surface area contributed by atoms with Crippen LogP contribution in [0.25, 0.3) is 0 Å². The molecule has 116 valence electrons. The second-order valence-corrected chi connectivity index (χ2v) is 8.06. The third-order valence-electron chi connectivity index (χ3n) is 3.50. The predicted molar refractivity (Wildman–Crippen MR) is 84.2 cm³/mol. The molecular formula is C15H22N2O3S. The molecule has 1 aliphatic rings. The first-order chi connectivity index (χ1) is 9.76. The van der Waals surface area contributed by atoms with Crippen LogP contribution in [0.2, 0.25) is 0 Å². The van der Waals surface area contributed by atoms with Gasteiger partial charge in [-0.3, -0.25) is 0 Å². The fourth-order valence-electron chi connectivity index (χ4n) is 2.42. The van der Waals surface area contributed by atoms with E-state index in [1.54, 1.807) is 11.8 Å². The van der Waals surface area contributed by atoms with Gasteiger partial charge in [0.15, 0.2) is 0 Å². The van der Waals surface area contributed by atoms with E-state index < -0.39 is 9.84 Å². The Morgan fingerprint density at radius 2 is 1.90 bits per heavy atom. The number of aryl methyl sites for hydroxylation is 1. The SMILES string of the molecule is Cc1ccc(NC(=O)N(C2CC2)[C@H](C)CS(C)(=O)=O)cc1. The van der Waals surface area contributed by atoms with Gasteiger partial charge in [-0.2, -0.15) is 0 Å². The number of hydrogen-bond donors (Lipinski definition) is 1. The normalized spacial score (nSPS) is 16.3. The summed E-state index contributed by atoms with van der Waals surface area (Å²) in [5.74, 6) is -0.00911. The molecule has 1 atom stereocenters. The monoisotopic (exact) mass is 310 g/mol. The molecule has 0 heterocycles. The standard InChI is InChI=1S/C15H22N2O3S/c1-11-4-6-13(7-5-11)16-15(18)17(14-8-9-14)12(2)10-21(3,19)20/h4-7,12,14H,8-10H2,1-3H3,(H,16,18)/t12-/m1/s1. The lowest BCUT2D eigenvalue weighted by Crippen LogP contribution is -2.45. The average molecular weight is 310 g/mol. The molecule has 2 rings (SSSR count). The second kappa shape index (κ2) is 6.05. The first-order valence-electron chi connectivity index (χ1n) is 7.10. The molecule has 5 nitrogen and oxygen atoms in total. The molecule has 1 aromatic carbocycles. The van der Waals surface area contributed by atoms with Gasteiger partial charge in [-0.25, -0.2) is 13.2 Å². The lowest BCUT2D eigenvalue weighted by Gasteiger charge is -2.29. The van der Waals surface area contributed by atoms with Gasteiger partial charge in [-0.1, -0.05) is 17.7 Å². The molecule has 0 aromatic heterocycles. The summed E-state index contributed by atoms with van der Waals surface area (Å²) >= 11 is 0. The first kappa shape index (κ1) is 15.8. The zero-order valence-corrected chi connectivity index (χ0v) is 13.5. The Morgan fingerprint density at radius 3 is 2.38 bits per heavy atom. The molecule has 0 unspecified atom stereocenters. The summed E-state index contributed by atoms with van der Waals surface area (Å²) in [7, 11) is -3.11. The number of amides is 2. The van der Waals surface area contributed by atoms with Crippen LogP contribution in [0.5, 0.6) is 0 Å². The molecule has 0 saturated heterocycles. The van der Waals surface area contributed by atoms with Crippen molar-refractivity contribution in [3.63, 3.8) is 0 Å². The summed E-state index contributed by atoms with van der Waals surface area (Å²) in [6.07, 6.45) is 3.08. The van der Waals surface area contributed by atoms with Gasteiger partial charge in [0.1, 0.15) is 9.84 Å². The zero-order valence-electron chi connectivity index (χ0n) is 12.7. The van der Waals surface area contributed by atoms with E-state index in [1.807, 2.05) is 31.2 Å². The molecule has 0 bridgehead atoms. The molecule has 1 aromatic rings. The van der Waals surface area contributed by atoms with Crippen molar-refractivity contribution >= 4 is 21.6 Å². The number of carbonyl (C=O) groups is 1. The Morgan fingerprint density at radius 1 is 1.33 bits per heavy atom. The molecule has 1 aliphatic carbocycles. The summed E-state index contributed by atoms with van der Waals surface area (Å²) in [4.78, 5) is 14.1. The smallest absolute Gasteiger partial charge is 0.318 e. The highest BCUT2D eigenvalue weighted by atomic mass is 32.2. The van der Waals surface area contributed by atoms with Crippen LogP contribution in [0.15, 0.2) is 24.3 Å². The van der Waals surface area contributed by atoms with Crippen molar-refractivity contribution in [3.05, 3.63) is 29.8 Å². The van der Waals surface area contributed by atoms with Crippen molar-refractivity contribution in [3.8, 4) is 0 Å². The van der Waals surface area contributed by atoms with Crippen LogP contribution in [-0.2, 0) is 9.84 Å². The van der Waals surface area contributed by atoms with Crippen LogP contribution in [0, 0.1) is 6.92 Å². The number of urea groups is 1. The van der Waals surface area contributed by atoms with Crippen LogP contribution >= 0.6 is 0 Å². The maximum absolute atomic E-state index is 12.4. The Kier molecular flexibility index (Phi) is 4.56. The number of benzene rings is 1. The van der Waals surface area contributed by atoms with Crippen LogP contribution in [0.4, 0.5) is 10.5 Å². The first-order valence-corrected chi connectivity index (χ1v) is 9.16. The van der Waals surface area contributed by atoms with Crippen molar-refractivity contribution in [1.82, 2.24) is 4.90 Å². The minimum absolute atomic E-state index is 0.00911. The molecule has 1 N–H and O–H groups in total. The van der Waals surface area contributed by atoms with Gasteiger partial charge in [0.25, 0.3) is 0 Å². The molecule has 0 aliphatic heterocycles. The van der Waals surface area contributed by atoms with E-state index in [0.29, 0.717) is 0 Å². The number of hydrogen-bond acceptors (Lipinski definition) is 3. The summed E-state index contributed by atoms with van der Waals surface area (Å²) in [6.45, 7) is 3.77. The van der Waals surface area contributed by atoms with Gasteiger partial charge in [0.2, 0.25) is 0 Å². The second-order valence-electron chi connectivity index (χ2n) is 5.88. The van der Waals surface area contributed by atoms with Gasteiger partial charge < -0.3 is 10.2 Å². The lowest BCUT2D eigenvalue weighted by atomic mass is 10.2. The minimum Gasteiger partial charge on any atom is -0.318 e. The summed E-state index contributed by atoms with van der Waals surface area (Å²) in [6, 6.07) is 7.16. The largest absolute Gasteiger partial charge is 0.322 e.